The maximum atomic E-state index is 14.3. The van der Waals surface area contributed by atoms with Crippen LogP contribution in [0.15, 0.2) is 99.9 Å². The van der Waals surface area contributed by atoms with Crippen LogP contribution in [0.4, 0.5) is 4.39 Å². The highest BCUT2D eigenvalue weighted by Crippen LogP contribution is 2.36. The smallest absolute Gasteiger partial charge is 0.338 e. The standard InChI is InChI=1S/C39H38FN3O5S/c1-7-46-38(45)35-25(5)41-39-43(36(35)31-13-9-11-15-33(31)48-23(2)3)37(44)34(49-39)21-28-20-24(4)42(26(28)6)29-16-18-30(19-17-29)47-22-27-12-8-10-14-32(27)40/h8-21,23,36H,7,22H2,1-6H3/b34-21-/t36-/m0/s1. The van der Waals surface area contributed by atoms with Gasteiger partial charge in [0.25, 0.3) is 5.56 Å². The molecule has 0 bridgehead atoms. The first-order valence-corrected chi connectivity index (χ1v) is 17.0. The quantitative estimate of drug-likeness (QED) is 0.153. The number of esters is 1. The Bertz CT molecular complexity index is 2240. The zero-order chi connectivity index (χ0) is 34.8. The average molecular weight is 680 g/mol. The highest BCUT2D eigenvalue weighted by molar-refractivity contribution is 7.07. The molecule has 6 rings (SSSR count). The van der Waals surface area contributed by atoms with Crippen LogP contribution in [-0.4, -0.2) is 27.8 Å². The van der Waals surface area contributed by atoms with Crippen LogP contribution in [0.25, 0.3) is 11.8 Å². The van der Waals surface area contributed by atoms with E-state index in [0.717, 1.165) is 22.6 Å². The number of benzene rings is 3. The third kappa shape index (κ3) is 6.73. The minimum absolute atomic E-state index is 0.119. The number of allylic oxidation sites excluding steroid dienone is 1. The number of fused-ring (bicyclic) bond motifs is 1. The molecule has 1 atom stereocenters. The van der Waals surface area contributed by atoms with E-state index in [9.17, 15) is 14.0 Å². The van der Waals surface area contributed by atoms with E-state index >= 15 is 0 Å². The number of carbonyl (C=O) groups excluding carboxylic acids is 1. The first kappa shape index (κ1) is 33.7. The summed E-state index contributed by atoms with van der Waals surface area (Å²) in [5, 5.41) is 0. The summed E-state index contributed by atoms with van der Waals surface area (Å²) < 4.78 is 35.6. The third-order valence-corrected chi connectivity index (χ3v) is 9.28. The number of carbonyl (C=O) groups is 1. The van der Waals surface area contributed by atoms with Crippen LogP contribution in [0.3, 0.4) is 0 Å². The van der Waals surface area contributed by atoms with Crippen molar-refractivity contribution in [3.8, 4) is 17.2 Å². The summed E-state index contributed by atoms with van der Waals surface area (Å²) in [5.41, 5.74) is 5.44. The average Bonchev–Trinajstić information content (AvgIpc) is 3.53. The fourth-order valence-corrected chi connectivity index (χ4v) is 7.13. The summed E-state index contributed by atoms with van der Waals surface area (Å²) in [4.78, 5) is 32.9. The molecule has 0 fully saturated rings. The topological polar surface area (TPSA) is 84.0 Å². The van der Waals surface area contributed by atoms with E-state index in [1.165, 1.54) is 17.4 Å². The van der Waals surface area contributed by atoms with Gasteiger partial charge >= 0.3 is 5.97 Å². The second kappa shape index (κ2) is 14.1. The summed E-state index contributed by atoms with van der Waals surface area (Å²) in [7, 11) is 0. The molecule has 0 N–H and O–H groups in total. The van der Waals surface area contributed by atoms with Crippen molar-refractivity contribution in [1.82, 2.24) is 9.13 Å². The van der Waals surface area contributed by atoms with Crippen molar-refractivity contribution >= 4 is 23.4 Å². The first-order valence-electron chi connectivity index (χ1n) is 16.2. The van der Waals surface area contributed by atoms with Gasteiger partial charge < -0.3 is 18.8 Å². The number of hydrogen-bond acceptors (Lipinski definition) is 7. The number of rotatable bonds is 10. The summed E-state index contributed by atoms with van der Waals surface area (Å²) >= 11 is 1.28. The van der Waals surface area contributed by atoms with Gasteiger partial charge in [-0.2, -0.15) is 0 Å². The molecule has 10 heteroatoms. The van der Waals surface area contributed by atoms with Crippen molar-refractivity contribution < 1.29 is 23.4 Å². The van der Waals surface area contributed by atoms with Gasteiger partial charge in [0, 0.05) is 28.2 Å². The molecule has 5 aromatic rings. The Balaban J connectivity index is 1.38. The van der Waals surface area contributed by atoms with Crippen molar-refractivity contribution in [3.05, 3.63) is 144 Å². The first-order chi connectivity index (χ1) is 23.6. The summed E-state index contributed by atoms with van der Waals surface area (Å²) in [5.74, 6) is 0.395. The minimum Gasteiger partial charge on any atom is -0.491 e. The van der Waals surface area contributed by atoms with Crippen LogP contribution in [0.1, 0.15) is 61.8 Å². The van der Waals surface area contributed by atoms with Gasteiger partial charge in [-0.25, -0.2) is 14.2 Å². The molecule has 2 aromatic heterocycles. The highest BCUT2D eigenvalue weighted by atomic mass is 32.1. The Labute approximate surface area is 288 Å². The van der Waals surface area contributed by atoms with E-state index < -0.39 is 12.0 Å². The highest BCUT2D eigenvalue weighted by Gasteiger charge is 2.35. The third-order valence-electron chi connectivity index (χ3n) is 8.30. The second-order valence-corrected chi connectivity index (χ2v) is 13.1. The lowest BCUT2D eigenvalue weighted by molar-refractivity contribution is -0.139. The van der Waals surface area contributed by atoms with Gasteiger partial charge in [0.15, 0.2) is 4.80 Å². The molecule has 1 aliphatic rings. The number of para-hydroxylation sites is 1. The zero-order valence-electron chi connectivity index (χ0n) is 28.3. The van der Waals surface area contributed by atoms with Crippen molar-refractivity contribution in [1.29, 1.82) is 0 Å². The van der Waals surface area contributed by atoms with Gasteiger partial charge in [-0.3, -0.25) is 9.36 Å². The van der Waals surface area contributed by atoms with Gasteiger partial charge in [0.05, 0.1) is 28.5 Å². The molecule has 0 aliphatic carbocycles. The number of thiazole rings is 1. The molecule has 0 saturated carbocycles. The predicted octanol–water partition coefficient (Wildman–Crippen LogP) is 6.71. The van der Waals surface area contributed by atoms with Gasteiger partial charge in [0.1, 0.15) is 30.0 Å². The van der Waals surface area contributed by atoms with E-state index in [2.05, 4.69) is 4.57 Å². The molecule has 0 unspecified atom stereocenters. The summed E-state index contributed by atoms with van der Waals surface area (Å²) in [6.07, 6.45) is 1.76. The second-order valence-electron chi connectivity index (χ2n) is 12.0. The molecule has 3 heterocycles. The fourth-order valence-electron chi connectivity index (χ4n) is 6.09. The molecule has 3 aromatic carbocycles. The largest absolute Gasteiger partial charge is 0.491 e. The molecular formula is C39H38FN3O5S. The number of ether oxygens (including phenoxy) is 3. The number of aryl methyl sites for hydroxylation is 1. The van der Waals surface area contributed by atoms with Crippen LogP contribution >= 0.6 is 11.3 Å². The van der Waals surface area contributed by atoms with Crippen LogP contribution in [0.5, 0.6) is 11.5 Å². The Hall–Kier alpha value is -5.22. The van der Waals surface area contributed by atoms with Crippen molar-refractivity contribution in [3.63, 3.8) is 0 Å². The molecule has 8 nitrogen and oxygen atoms in total. The monoisotopic (exact) mass is 679 g/mol. The Morgan fingerprint density at radius 1 is 1.02 bits per heavy atom. The summed E-state index contributed by atoms with van der Waals surface area (Å²) in [6, 6.07) is 22.9. The molecule has 1 aliphatic heterocycles. The van der Waals surface area contributed by atoms with Crippen LogP contribution in [-0.2, 0) is 16.1 Å². The zero-order valence-corrected chi connectivity index (χ0v) is 29.1. The lowest BCUT2D eigenvalue weighted by atomic mass is 9.95. The fraction of sp³-hybridized carbons (Fsp3) is 0.256. The predicted molar refractivity (Wildman–Crippen MR) is 189 cm³/mol. The van der Waals surface area contributed by atoms with Gasteiger partial charge in [-0.15, -0.1) is 0 Å². The van der Waals surface area contributed by atoms with Gasteiger partial charge in [-0.05, 0) is 95.6 Å². The van der Waals surface area contributed by atoms with Crippen molar-refractivity contribution in [2.24, 2.45) is 4.99 Å². The summed E-state index contributed by atoms with van der Waals surface area (Å²) in [6.45, 7) is 11.7. The molecule has 0 amide bonds. The lowest BCUT2D eigenvalue weighted by Crippen LogP contribution is -2.40. The van der Waals surface area contributed by atoms with E-state index in [1.54, 1.807) is 36.6 Å². The van der Waals surface area contributed by atoms with Crippen molar-refractivity contribution in [2.45, 2.75) is 60.3 Å². The molecule has 49 heavy (non-hydrogen) atoms. The van der Waals surface area contributed by atoms with Crippen molar-refractivity contribution in [2.75, 3.05) is 6.61 Å². The van der Waals surface area contributed by atoms with Gasteiger partial charge in [0.2, 0.25) is 0 Å². The molecule has 252 valence electrons. The Kier molecular flexibility index (Phi) is 9.69. The number of nitrogens with zero attached hydrogens (tertiary/aromatic N) is 3. The lowest BCUT2D eigenvalue weighted by Gasteiger charge is -2.26. The molecule has 0 spiro atoms. The van der Waals surface area contributed by atoms with Gasteiger partial charge in [-0.1, -0.05) is 47.7 Å². The van der Waals surface area contributed by atoms with E-state index in [1.807, 2.05) is 88.4 Å². The van der Waals surface area contributed by atoms with E-state index in [0.29, 0.717) is 43.2 Å². The Morgan fingerprint density at radius 3 is 2.45 bits per heavy atom. The maximum Gasteiger partial charge on any atom is 0.338 e. The number of hydrogen-bond donors (Lipinski definition) is 0. The van der Waals surface area contributed by atoms with Crippen LogP contribution in [0.2, 0.25) is 0 Å². The van der Waals surface area contributed by atoms with E-state index in [4.69, 9.17) is 19.2 Å². The molecular weight excluding hydrogens is 642 g/mol. The number of aromatic nitrogens is 2. The SMILES string of the molecule is CCOC(=O)C1=C(C)N=c2s/c(=C\c3cc(C)n(-c4ccc(OCc5ccccc5F)cc4)c3C)c(=O)n2[C@H]1c1ccccc1OC(C)C. The molecule has 0 radical (unpaired) electrons. The normalized spacial score (nSPS) is 14.5. The maximum absolute atomic E-state index is 14.3. The number of halogens is 1. The molecule has 0 saturated heterocycles. The minimum atomic E-state index is -0.779. The van der Waals surface area contributed by atoms with E-state index in [-0.39, 0.29) is 30.7 Å². The van der Waals surface area contributed by atoms with Crippen LogP contribution < -0.4 is 24.4 Å². The Morgan fingerprint density at radius 2 is 1.73 bits per heavy atom. The van der Waals surface area contributed by atoms with Crippen LogP contribution in [0, 0.1) is 19.7 Å².